The van der Waals surface area contributed by atoms with Crippen molar-refractivity contribution in [3.05, 3.63) is 23.8 Å². The van der Waals surface area contributed by atoms with E-state index in [1.165, 1.54) is 13.2 Å². The third-order valence-electron chi connectivity index (χ3n) is 4.30. The molecule has 29 heavy (non-hydrogen) atoms. The van der Waals surface area contributed by atoms with E-state index in [1.54, 1.807) is 12.1 Å². The number of halogens is 3. The standard InChI is InChI=1S/C19H28F2N4O3.HI/c1-3-22-19(23-9-5-11-25-10-4-6-17(25)26)24-13-14-12-15(27-2)7-8-16(14)28-18(20)21;/h7-8,12,18H,3-6,9-11,13H2,1-2H3,(H2,22,23,24);1H. The second kappa shape index (κ2) is 13.4. The van der Waals surface area contributed by atoms with Crippen LogP contribution in [-0.2, 0) is 11.3 Å². The van der Waals surface area contributed by atoms with Gasteiger partial charge in [0.2, 0.25) is 5.91 Å². The summed E-state index contributed by atoms with van der Waals surface area (Å²) in [5, 5.41) is 6.32. The molecular weight excluding hydrogens is 497 g/mol. The van der Waals surface area contributed by atoms with E-state index in [-0.39, 0.29) is 42.2 Å². The first-order chi connectivity index (χ1) is 13.5. The van der Waals surface area contributed by atoms with E-state index in [2.05, 4.69) is 20.4 Å². The van der Waals surface area contributed by atoms with E-state index >= 15 is 0 Å². The fourth-order valence-corrected chi connectivity index (χ4v) is 2.94. The molecule has 0 spiro atoms. The van der Waals surface area contributed by atoms with Crippen LogP contribution in [0.1, 0.15) is 31.7 Å². The molecule has 1 aromatic carbocycles. The first kappa shape index (κ1) is 25.2. The molecule has 1 aromatic rings. The molecule has 7 nitrogen and oxygen atoms in total. The number of amides is 1. The topological polar surface area (TPSA) is 75.2 Å². The highest BCUT2D eigenvalue weighted by molar-refractivity contribution is 14.0. The lowest BCUT2D eigenvalue weighted by atomic mass is 10.2. The Morgan fingerprint density at radius 1 is 1.34 bits per heavy atom. The Balaban J connectivity index is 0.00000420. The quantitative estimate of drug-likeness (QED) is 0.212. The average Bonchev–Trinajstić information content (AvgIpc) is 3.08. The van der Waals surface area contributed by atoms with Gasteiger partial charge in [0.05, 0.1) is 13.7 Å². The molecule has 1 saturated heterocycles. The minimum atomic E-state index is -2.91. The fraction of sp³-hybridized carbons (Fsp3) is 0.579. The second-order valence-electron chi connectivity index (χ2n) is 6.31. The fourth-order valence-electron chi connectivity index (χ4n) is 2.94. The highest BCUT2D eigenvalue weighted by atomic mass is 127. The van der Waals surface area contributed by atoms with Gasteiger partial charge in [-0.05, 0) is 38.0 Å². The minimum Gasteiger partial charge on any atom is -0.497 e. The van der Waals surface area contributed by atoms with Crippen LogP contribution in [0, 0.1) is 0 Å². The molecule has 0 unspecified atom stereocenters. The van der Waals surface area contributed by atoms with Crippen LogP contribution in [0.3, 0.4) is 0 Å². The highest BCUT2D eigenvalue weighted by Gasteiger charge is 2.19. The van der Waals surface area contributed by atoms with Gasteiger partial charge in [0.1, 0.15) is 11.5 Å². The maximum Gasteiger partial charge on any atom is 0.387 e. The van der Waals surface area contributed by atoms with Gasteiger partial charge in [-0.1, -0.05) is 0 Å². The summed E-state index contributed by atoms with van der Waals surface area (Å²) in [4.78, 5) is 17.9. The Kier molecular flexibility index (Phi) is 11.6. The summed E-state index contributed by atoms with van der Waals surface area (Å²) in [6, 6.07) is 4.64. The number of hydrogen-bond donors (Lipinski definition) is 2. The van der Waals surface area contributed by atoms with Gasteiger partial charge in [-0.25, -0.2) is 4.99 Å². The number of carbonyl (C=O) groups excluding carboxylic acids is 1. The van der Waals surface area contributed by atoms with Crippen LogP contribution in [0.2, 0.25) is 0 Å². The third-order valence-corrected chi connectivity index (χ3v) is 4.30. The van der Waals surface area contributed by atoms with Crippen LogP contribution in [-0.4, -0.2) is 56.7 Å². The van der Waals surface area contributed by atoms with Crippen molar-refractivity contribution in [3.8, 4) is 11.5 Å². The molecule has 0 bridgehead atoms. The maximum absolute atomic E-state index is 12.6. The zero-order chi connectivity index (χ0) is 20.4. The Labute approximate surface area is 187 Å². The van der Waals surface area contributed by atoms with Crippen LogP contribution in [0.5, 0.6) is 11.5 Å². The van der Waals surface area contributed by atoms with Crippen LogP contribution in [0.4, 0.5) is 8.78 Å². The van der Waals surface area contributed by atoms with Gasteiger partial charge < -0.3 is 25.0 Å². The molecule has 1 aliphatic rings. The van der Waals surface area contributed by atoms with E-state index in [0.29, 0.717) is 43.3 Å². The van der Waals surface area contributed by atoms with Gasteiger partial charge >= 0.3 is 6.61 Å². The van der Waals surface area contributed by atoms with Crippen molar-refractivity contribution >= 4 is 35.8 Å². The summed E-state index contributed by atoms with van der Waals surface area (Å²) in [6.07, 6.45) is 2.37. The average molecular weight is 526 g/mol. The highest BCUT2D eigenvalue weighted by Crippen LogP contribution is 2.26. The molecule has 1 aliphatic heterocycles. The first-order valence-corrected chi connectivity index (χ1v) is 9.45. The van der Waals surface area contributed by atoms with Gasteiger partial charge in [-0.15, -0.1) is 24.0 Å². The summed E-state index contributed by atoms with van der Waals surface area (Å²) in [5.74, 6) is 1.40. The monoisotopic (exact) mass is 526 g/mol. The van der Waals surface area contributed by atoms with Crippen molar-refractivity contribution in [1.29, 1.82) is 0 Å². The molecule has 0 aliphatic carbocycles. The van der Waals surface area contributed by atoms with Gasteiger partial charge in [0.25, 0.3) is 0 Å². The molecule has 2 rings (SSSR count). The van der Waals surface area contributed by atoms with E-state index in [0.717, 1.165) is 19.4 Å². The van der Waals surface area contributed by atoms with E-state index in [4.69, 9.17) is 4.74 Å². The van der Waals surface area contributed by atoms with Gasteiger partial charge in [0.15, 0.2) is 5.96 Å². The Bertz CT molecular complexity index is 677. The SMILES string of the molecule is CCNC(=NCc1cc(OC)ccc1OC(F)F)NCCCN1CCCC1=O.I. The summed E-state index contributed by atoms with van der Waals surface area (Å²) in [7, 11) is 1.51. The number of aliphatic imine (C=N–C) groups is 1. The van der Waals surface area contributed by atoms with E-state index in [9.17, 15) is 13.6 Å². The zero-order valence-electron chi connectivity index (χ0n) is 16.7. The number of guanidine groups is 1. The van der Waals surface area contributed by atoms with Crippen molar-refractivity contribution in [2.45, 2.75) is 39.3 Å². The number of ether oxygens (including phenoxy) is 2. The molecule has 164 valence electrons. The van der Waals surface area contributed by atoms with Crippen LogP contribution < -0.4 is 20.1 Å². The molecule has 1 amide bonds. The summed E-state index contributed by atoms with van der Waals surface area (Å²) in [5.41, 5.74) is 0.500. The number of alkyl halides is 2. The second-order valence-corrected chi connectivity index (χ2v) is 6.31. The number of rotatable bonds is 10. The number of likely N-dealkylation sites (tertiary alicyclic amines) is 1. The maximum atomic E-state index is 12.6. The van der Waals surface area contributed by atoms with Crippen molar-refractivity contribution in [2.24, 2.45) is 4.99 Å². The van der Waals surface area contributed by atoms with E-state index < -0.39 is 6.61 Å². The molecule has 2 N–H and O–H groups in total. The van der Waals surface area contributed by atoms with Crippen molar-refractivity contribution < 1.29 is 23.0 Å². The van der Waals surface area contributed by atoms with Crippen LogP contribution in [0.15, 0.2) is 23.2 Å². The number of carbonyl (C=O) groups is 1. The zero-order valence-corrected chi connectivity index (χ0v) is 19.1. The number of benzene rings is 1. The summed E-state index contributed by atoms with van der Waals surface area (Å²) < 4.78 is 35.0. The summed E-state index contributed by atoms with van der Waals surface area (Å²) >= 11 is 0. The molecule has 0 atom stereocenters. The number of nitrogens with one attached hydrogen (secondary N) is 2. The largest absolute Gasteiger partial charge is 0.497 e. The van der Waals surface area contributed by atoms with Crippen molar-refractivity contribution in [3.63, 3.8) is 0 Å². The minimum absolute atomic E-state index is 0. The summed E-state index contributed by atoms with van der Waals surface area (Å²) in [6.45, 7) is 2.04. The lowest BCUT2D eigenvalue weighted by molar-refractivity contribution is -0.127. The number of hydrogen-bond acceptors (Lipinski definition) is 4. The Hall–Kier alpha value is -1.85. The lowest BCUT2D eigenvalue weighted by Gasteiger charge is -2.16. The number of nitrogens with zero attached hydrogens (tertiary/aromatic N) is 2. The molecule has 10 heteroatoms. The molecule has 0 radical (unpaired) electrons. The van der Waals surface area contributed by atoms with Crippen molar-refractivity contribution in [2.75, 3.05) is 33.3 Å². The van der Waals surface area contributed by atoms with Crippen LogP contribution >= 0.6 is 24.0 Å². The molecule has 0 aromatic heterocycles. The predicted molar refractivity (Wildman–Crippen MR) is 118 cm³/mol. The number of methoxy groups -OCH3 is 1. The van der Waals surface area contributed by atoms with Gasteiger partial charge in [0, 0.05) is 38.2 Å². The smallest absolute Gasteiger partial charge is 0.387 e. The van der Waals surface area contributed by atoms with Crippen molar-refractivity contribution in [1.82, 2.24) is 15.5 Å². The van der Waals surface area contributed by atoms with Crippen LogP contribution in [0.25, 0.3) is 0 Å². The van der Waals surface area contributed by atoms with E-state index in [1.807, 2.05) is 11.8 Å². The molecule has 0 saturated carbocycles. The molecule has 1 heterocycles. The van der Waals surface area contributed by atoms with Gasteiger partial charge in [-0.2, -0.15) is 8.78 Å². The third kappa shape index (κ3) is 8.58. The normalized spacial score (nSPS) is 14.0. The van der Waals surface area contributed by atoms with Gasteiger partial charge in [-0.3, -0.25) is 4.79 Å². The first-order valence-electron chi connectivity index (χ1n) is 9.45. The lowest BCUT2D eigenvalue weighted by Crippen LogP contribution is -2.39. The molecular formula is C19H29F2IN4O3. The Morgan fingerprint density at radius 2 is 2.14 bits per heavy atom. The molecule has 1 fully saturated rings. The predicted octanol–water partition coefficient (Wildman–Crippen LogP) is 2.98. The Morgan fingerprint density at radius 3 is 2.76 bits per heavy atom.